The van der Waals surface area contributed by atoms with Crippen molar-refractivity contribution >= 4 is 11.8 Å². The fourth-order valence-electron chi connectivity index (χ4n) is 1.70. The van der Waals surface area contributed by atoms with E-state index in [-0.39, 0.29) is 17.8 Å². The molecule has 0 bridgehead atoms. The summed E-state index contributed by atoms with van der Waals surface area (Å²) in [5.41, 5.74) is 0.0619. The molecule has 0 aliphatic rings. The van der Waals surface area contributed by atoms with Gasteiger partial charge in [-0.1, -0.05) is 6.92 Å². The highest BCUT2D eigenvalue weighted by Crippen LogP contribution is 2.25. The molecule has 1 aromatic rings. The topological polar surface area (TPSA) is 111 Å². The average molecular weight is 298 g/mol. The van der Waals surface area contributed by atoms with E-state index in [2.05, 4.69) is 5.32 Å². The molecule has 0 spiro atoms. The number of hydrogen-bond acceptors (Lipinski definition) is 5. The van der Waals surface area contributed by atoms with Gasteiger partial charge in [0.1, 0.15) is 5.75 Å². The van der Waals surface area contributed by atoms with Crippen molar-refractivity contribution in [2.24, 2.45) is 0 Å². The molecule has 21 heavy (non-hydrogen) atoms. The van der Waals surface area contributed by atoms with E-state index in [9.17, 15) is 14.9 Å². The molecule has 1 aromatic carbocycles. The summed E-state index contributed by atoms with van der Waals surface area (Å²) in [4.78, 5) is 20.9. The fourth-order valence-corrected chi connectivity index (χ4v) is 1.70. The summed E-state index contributed by atoms with van der Waals surface area (Å²) < 4.78 is 10.9. The van der Waals surface area contributed by atoms with Crippen molar-refractivity contribution in [1.29, 1.82) is 0 Å². The Bertz CT molecular complexity index is 505. The minimum absolute atomic E-state index is 0.166. The van der Waals surface area contributed by atoms with Gasteiger partial charge in [-0.05, 0) is 19.1 Å². The first-order chi connectivity index (χ1) is 9.97. The molecule has 0 radical (unpaired) electrons. The van der Waals surface area contributed by atoms with Crippen LogP contribution in [0.2, 0.25) is 0 Å². The number of nitro groups is 1. The number of benzene rings is 1. The Hall–Kier alpha value is -2.35. The van der Waals surface area contributed by atoms with Crippen LogP contribution in [0.3, 0.4) is 0 Å². The van der Waals surface area contributed by atoms with Gasteiger partial charge in [-0.25, -0.2) is 4.79 Å². The third-order valence-corrected chi connectivity index (χ3v) is 2.63. The average Bonchev–Trinajstić information content (AvgIpc) is 2.44. The Kier molecular flexibility index (Phi) is 6.41. The second kappa shape index (κ2) is 8.05. The van der Waals surface area contributed by atoms with Gasteiger partial charge in [0.25, 0.3) is 5.69 Å². The first-order valence-corrected chi connectivity index (χ1v) is 6.50. The number of rotatable bonds is 8. The summed E-state index contributed by atoms with van der Waals surface area (Å²) in [5, 5.41) is 21.6. The van der Waals surface area contributed by atoms with E-state index < -0.39 is 17.3 Å². The Morgan fingerprint density at radius 3 is 2.71 bits per heavy atom. The van der Waals surface area contributed by atoms with Gasteiger partial charge < -0.3 is 19.9 Å². The Labute approximate surface area is 121 Å². The molecule has 0 aliphatic carbocycles. The van der Waals surface area contributed by atoms with Crippen molar-refractivity contribution in [3.05, 3.63) is 33.9 Å². The minimum atomic E-state index is -1.25. The molecule has 8 nitrogen and oxygen atoms in total. The van der Waals surface area contributed by atoms with Crippen LogP contribution in [0.5, 0.6) is 5.75 Å². The van der Waals surface area contributed by atoms with Crippen LogP contribution in [-0.4, -0.2) is 29.0 Å². The third-order valence-electron chi connectivity index (χ3n) is 2.63. The van der Waals surface area contributed by atoms with Crippen molar-refractivity contribution in [3.8, 4) is 5.75 Å². The highest BCUT2D eigenvalue weighted by molar-refractivity contribution is 5.64. The number of ether oxygens (including phenoxy) is 2. The van der Waals surface area contributed by atoms with Gasteiger partial charge in [-0.2, -0.15) is 0 Å². The minimum Gasteiger partial charge on any atom is -0.465 e. The fraction of sp³-hybridized carbons (Fsp3) is 0.462. The molecule has 0 aromatic heterocycles. The lowest BCUT2D eigenvalue weighted by atomic mass is 10.1. The molecule has 1 amide bonds. The number of carbonyl (C=O) groups is 1. The molecule has 1 atom stereocenters. The van der Waals surface area contributed by atoms with E-state index in [1.165, 1.54) is 18.2 Å². The first kappa shape index (κ1) is 16.7. The largest absolute Gasteiger partial charge is 0.465 e. The number of nitro benzene ring substituents is 1. The van der Waals surface area contributed by atoms with Gasteiger partial charge >= 0.3 is 6.09 Å². The molecule has 0 heterocycles. The normalized spacial score (nSPS) is 11.7. The van der Waals surface area contributed by atoms with Crippen LogP contribution in [0.4, 0.5) is 10.5 Å². The maximum Gasteiger partial charge on any atom is 0.404 e. The lowest BCUT2D eigenvalue weighted by molar-refractivity contribution is -0.385. The second-order valence-electron chi connectivity index (χ2n) is 4.12. The number of nitrogens with zero attached hydrogens (tertiary/aromatic N) is 1. The quantitative estimate of drug-likeness (QED) is 0.433. The number of hydrogen-bond donors (Lipinski definition) is 2. The lowest BCUT2D eigenvalue weighted by Gasteiger charge is -2.17. The van der Waals surface area contributed by atoms with Crippen LogP contribution in [0, 0.1) is 10.1 Å². The van der Waals surface area contributed by atoms with E-state index >= 15 is 0 Å². The second-order valence-corrected chi connectivity index (χ2v) is 4.12. The molecule has 2 N–H and O–H groups in total. The molecule has 1 unspecified atom stereocenters. The maximum absolute atomic E-state index is 10.9. The Balaban J connectivity index is 2.94. The summed E-state index contributed by atoms with van der Waals surface area (Å²) in [6, 6.07) is 4.19. The van der Waals surface area contributed by atoms with Crippen LogP contribution < -0.4 is 10.1 Å². The van der Waals surface area contributed by atoms with Crippen LogP contribution in [0.1, 0.15) is 25.8 Å². The van der Waals surface area contributed by atoms with Crippen molar-refractivity contribution in [3.63, 3.8) is 0 Å². The molecule has 0 aliphatic heterocycles. The van der Waals surface area contributed by atoms with Gasteiger partial charge in [0.15, 0.2) is 6.29 Å². The van der Waals surface area contributed by atoms with Crippen LogP contribution in [0.15, 0.2) is 18.2 Å². The monoisotopic (exact) mass is 298 g/mol. The van der Waals surface area contributed by atoms with Crippen molar-refractivity contribution in [1.82, 2.24) is 5.32 Å². The van der Waals surface area contributed by atoms with Gasteiger partial charge in [-0.15, -0.1) is 0 Å². The molecular formula is C13H18N2O6. The van der Waals surface area contributed by atoms with Crippen LogP contribution in [-0.2, 0) is 11.3 Å². The smallest absolute Gasteiger partial charge is 0.404 e. The van der Waals surface area contributed by atoms with Crippen molar-refractivity contribution in [2.75, 3.05) is 6.61 Å². The highest BCUT2D eigenvalue weighted by atomic mass is 16.7. The molecule has 0 saturated heterocycles. The zero-order chi connectivity index (χ0) is 15.8. The standard InChI is InChI=1S/C13H18N2O6/c1-3-12(20-4-2)21-10-5-6-11(15(18)19)9(7-10)8-14-13(16)17/h5-7,12,14H,3-4,8H2,1-2H3,(H,16,17). The molecule has 1 rings (SSSR count). The van der Waals surface area contributed by atoms with E-state index in [0.717, 1.165) is 0 Å². The summed E-state index contributed by atoms with van der Waals surface area (Å²) in [7, 11) is 0. The highest BCUT2D eigenvalue weighted by Gasteiger charge is 2.16. The molecule has 0 saturated carbocycles. The first-order valence-electron chi connectivity index (χ1n) is 6.50. The molecule has 0 fully saturated rings. The molecule has 8 heteroatoms. The van der Waals surface area contributed by atoms with E-state index in [4.69, 9.17) is 14.6 Å². The Morgan fingerprint density at radius 1 is 1.48 bits per heavy atom. The number of amides is 1. The summed E-state index contributed by atoms with van der Waals surface area (Å²) in [6.07, 6.45) is -1.08. The predicted octanol–water partition coefficient (Wildman–Crippen LogP) is 2.51. The van der Waals surface area contributed by atoms with Crippen LogP contribution in [0.25, 0.3) is 0 Å². The third kappa shape index (κ3) is 5.27. The zero-order valence-corrected chi connectivity index (χ0v) is 11.9. The van der Waals surface area contributed by atoms with Gasteiger partial charge in [0.05, 0.1) is 17.0 Å². The SMILES string of the molecule is CCOC(CC)Oc1ccc([N+](=O)[O-])c(CNC(=O)O)c1. The van der Waals surface area contributed by atoms with Crippen molar-refractivity contribution in [2.45, 2.75) is 33.1 Å². The van der Waals surface area contributed by atoms with E-state index in [1.54, 1.807) is 0 Å². The van der Waals surface area contributed by atoms with E-state index in [1.807, 2.05) is 13.8 Å². The summed E-state index contributed by atoms with van der Waals surface area (Å²) in [5.74, 6) is 0.392. The maximum atomic E-state index is 10.9. The van der Waals surface area contributed by atoms with Gasteiger partial charge in [-0.3, -0.25) is 10.1 Å². The van der Waals surface area contributed by atoms with Gasteiger partial charge in [0, 0.05) is 19.1 Å². The molecular weight excluding hydrogens is 280 g/mol. The van der Waals surface area contributed by atoms with Crippen molar-refractivity contribution < 1.29 is 24.3 Å². The van der Waals surface area contributed by atoms with Gasteiger partial charge in [0.2, 0.25) is 0 Å². The number of nitrogens with one attached hydrogen (secondary N) is 1. The Morgan fingerprint density at radius 2 is 2.19 bits per heavy atom. The summed E-state index contributed by atoms with van der Waals surface area (Å²) in [6.45, 7) is 4.04. The predicted molar refractivity (Wildman–Crippen MR) is 74.3 cm³/mol. The zero-order valence-electron chi connectivity index (χ0n) is 11.9. The van der Waals surface area contributed by atoms with Crippen LogP contribution >= 0.6 is 0 Å². The lowest BCUT2D eigenvalue weighted by Crippen LogP contribution is -2.21. The molecule has 116 valence electrons. The number of carboxylic acid groups (broad SMARTS) is 1. The summed E-state index contributed by atoms with van der Waals surface area (Å²) >= 11 is 0. The van der Waals surface area contributed by atoms with E-state index in [0.29, 0.717) is 18.8 Å².